The van der Waals surface area contributed by atoms with E-state index in [0.717, 1.165) is 11.8 Å². The SMILES string of the molecule is COc1ccccc1-n1c(SCc2cc(F)cc(F)c2)nnc1-c1ccco1. The van der Waals surface area contributed by atoms with Crippen LogP contribution in [0.1, 0.15) is 5.56 Å². The minimum absolute atomic E-state index is 0.320. The molecule has 4 rings (SSSR count). The zero-order chi connectivity index (χ0) is 19.5. The molecule has 0 saturated carbocycles. The monoisotopic (exact) mass is 399 g/mol. The Labute approximate surface area is 164 Å². The molecule has 0 aliphatic rings. The van der Waals surface area contributed by atoms with Crippen molar-refractivity contribution in [2.75, 3.05) is 7.11 Å². The van der Waals surface area contributed by atoms with E-state index in [1.54, 1.807) is 30.1 Å². The van der Waals surface area contributed by atoms with Crippen molar-refractivity contribution < 1.29 is 17.9 Å². The van der Waals surface area contributed by atoms with Gasteiger partial charge in [-0.1, -0.05) is 23.9 Å². The van der Waals surface area contributed by atoms with Gasteiger partial charge in [-0.25, -0.2) is 8.78 Å². The molecule has 0 bridgehead atoms. The Morgan fingerprint density at radius 1 is 1.04 bits per heavy atom. The van der Waals surface area contributed by atoms with Gasteiger partial charge < -0.3 is 9.15 Å². The molecular formula is C20H15F2N3O2S. The van der Waals surface area contributed by atoms with Crippen LogP contribution in [0.2, 0.25) is 0 Å². The second-order valence-corrected chi connectivity index (χ2v) is 6.80. The predicted molar refractivity (Wildman–Crippen MR) is 102 cm³/mol. The number of hydrogen-bond acceptors (Lipinski definition) is 5. The maximum Gasteiger partial charge on any atom is 0.205 e. The Bertz CT molecular complexity index is 1080. The minimum atomic E-state index is -0.613. The summed E-state index contributed by atoms with van der Waals surface area (Å²) in [5.41, 5.74) is 1.24. The molecule has 0 fully saturated rings. The molecule has 28 heavy (non-hydrogen) atoms. The number of ether oxygens (including phenoxy) is 1. The molecule has 0 spiro atoms. The lowest BCUT2D eigenvalue weighted by atomic mass is 10.2. The highest BCUT2D eigenvalue weighted by molar-refractivity contribution is 7.98. The maximum absolute atomic E-state index is 13.5. The third-order valence-corrected chi connectivity index (χ3v) is 4.99. The number of nitrogens with zero attached hydrogens (tertiary/aromatic N) is 3. The van der Waals surface area contributed by atoms with Gasteiger partial charge in [0.25, 0.3) is 0 Å². The summed E-state index contributed by atoms with van der Waals surface area (Å²) in [5, 5.41) is 9.05. The summed E-state index contributed by atoms with van der Waals surface area (Å²) in [6, 6.07) is 14.4. The molecule has 2 heterocycles. The fourth-order valence-corrected chi connectivity index (χ4v) is 3.68. The molecule has 2 aromatic carbocycles. The van der Waals surface area contributed by atoms with E-state index in [9.17, 15) is 8.78 Å². The first-order valence-corrected chi connectivity index (χ1v) is 9.34. The Hall–Kier alpha value is -3.13. The van der Waals surface area contributed by atoms with E-state index in [1.807, 2.05) is 24.3 Å². The standard InChI is InChI=1S/C20H15F2N3O2S/c1-26-17-6-3-2-5-16(17)25-19(18-7-4-8-27-18)23-24-20(25)28-12-13-9-14(21)11-15(22)10-13/h2-11H,12H2,1H3. The van der Waals surface area contributed by atoms with E-state index in [4.69, 9.17) is 9.15 Å². The third-order valence-electron chi connectivity index (χ3n) is 3.99. The van der Waals surface area contributed by atoms with E-state index in [1.165, 1.54) is 23.9 Å². The van der Waals surface area contributed by atoms with E-state index >= 15 is 0 Å². The van der Waals surface area contributed by atoms with Crippen LogP contribution in [0.15, 0.2) is 70.4 Å². The highest BCUT2D eigenvalue weighted by Crippen LogP contribution is 2.33. The number of thioether (sulfide) groups is 1. The summed E-state index contributed by atoms with van der Waals surface area (Å²) in [7, 11) is 1.58. The molecule has 5 nitrogen and oxygen atoms in total. The molecule has 142 valence electrons. The molecule has 2 aromatic heterocycles. The molecule has 0 radical (unpaired) electrons. The van der Waals surface area contributed by atoms with Gasteiger partial charge in [-0.15, -0.1) is 10.2 Å². The molecule has 4 aromatic rings. The van der Waals surface area contributed by atoms with E-state index in [0.29, 0.717) is 33.8 Å². The summed E-state index contributed by atoms with van der Waals surface area (Å²) in [4.78, 5) is 0. The van der Waals surface area contributed by atoms with Gasteiger partial charge in [-0.2, -0.15) is 0 Å². The molecule has 0 N–H and O–H groups in total. The van der Waals surface area contributed by atoms with E-state index < -0.39 is 11.6 Å². The lowest BCUT2D eigenvalue weighted by Crippen LogP contribution is -2.02. The van der Waals surface area contributed by atoms with Crippen molar-refractivity contribution in [3.63, 3.8) is 0 Å². The second kappa shape index (κ2) is 7.85. The molecule has 0 saturated heterocycles. The molecular weight excluding hydrogens is 384 g/mol. The highest BCUT2D eigenvalue weighted by atomic mass is 32.2. The van der Waals surface area contributed by atoms with Crippen LogP contribution in [0.4, 0.5) is 8.78 Å². The van der Waals surface area contributed by atoms with Gasteiger partial charge in [0.05, 0.1) is 19.1 Å². The lowest BCUT2D eigenvalue weighted by molar-refractivity contribution is 0.412. The van der Waals surface area contributed by atoms with Gasteiger partial charge in [0.1, 0.15) is 17.4 Å². The average Bonchev–Trinajstić information content (AvgIpc) is 3.35. The fourth-order valence-electron chi connectivity index (χ4n) is 2.80. The van der Waals surface area contributed by atoms with Gasteiger partial charge in [0.2, 0.25) is 5.82 Å². The highest BCUT2D eigenvalue weighted by Gasteiger charge is 2.20. The molecule has 0 unspecified atom stereocenters. The Morgan fingerprint density at radius 2 is 1.82 bits per heavy atom. The van der Waals surface area contributed by atoms with Crippen molar-refractivity contribution in [2.45, 2.75) is 10.9 Å². The first-order valence-electron chi connectivity index (χ1n) is 8.36. The fraction of sp³-hybridized carbons (Fsp3) is 0.100. The second-order valence-electron chi connectivity index (χ2n) is 5.86. The number of halogens is 2. The van der Waals surface area contributed by atoms with Crippen LogP contribution in [-0.4, -0.2) is 21.9 Å². The quantitative estimate of drug-likeness (QED) is 0.422. The number of para-hydroxylation sites is 2. The van der Waals surface area contributed by atoms with Crippen LogP contribution < -0.4 is 4.74 Å². The molecule has 0 amide bonds. The summed E-state index contributed by atoms with van der Waals surface area (Å²) >= 11 is 1.31. The minimum Gasteiger partial charge on any atom is -0.495 e. The normalized spacial score (nSPS) is 11.0. The van der Waals surface area contributed by atoms with Gasteiger partial charge >= 0.3 is 0 Å². The number of benzene rings is 2. The van der Waals surface area contributed by atoms with Crippen molar-refractivity contribution in [3.05, 3.63) is 78.1 Å². The Balaban J connectivity index is 1.75. The van der Waals surface area contributed by atoms with E-state index in [-0.39, 0.29) is 0 Å². The number of furan rings is 1. The van der Waals surface area contributed by atoms with Crippen LogP contribution >= 0.6 is 11.8 Å². The number of aromatic nitrogens is 3. The largest absolute Gasteiger partial charge is 0.495 e. The Kier molecular flexibility index (Phi) is 5.12. The zero-order valence-corrected chi connectivity index (χ0v) is 15.6. The summed E-state index contributed by atoms with van der Waals surface area (Å²) in [6.07, 6.45) is 1.55. The van der Waals surface area contributed by atoms with Crippen molar-refractivity contribution in [3.8, 4) is 23.0 Å². The van der Waals surface area contributed by atoms with Gasteiger partial charge in [-0.3, -0.25) is 4.57 Å². The molecule has 0 aliphatic carbocycles. The van der Waals surface area contributed by atoms with Gasteiger partial charge in [0, 0.05) is 11.8 Å². The third kappa shape index (κ3) is 3.63. The summed E-state index contributed by atoms with van der Waals surface area (Å²) in [6.45, 7) is 0. The summed E-state index contributed by atoms with van der Waals surface area (Å²) in [5.74, 6) is 0.773. The van der Waals surface area contributed by atoms with Crippen molar-refractivity contribution in [2.24, 2.45) is 0 Å². The van der Waals surface area contributed by atoms with Gasteiger partial charge in [0.15, 0.2) is 10.9 Å². The molecule has 0 aliphatic heterocycles. The zero-order valence-electron chi connectivity index (χ0n) is 14.8. The molecule has 0 atom stereocenters. The predicted octanol–water partition coefficient (Wildman–Crippen LogP) is 5.11. The number of rotatable bonds is 6. The van der Waals surface area contributed by atoms with Crippen molar-refractivity contribution in [1.82, 2.24) is 14.8 Å². The first-order chi connectivity index (χ1) is 13.7. The van der Waals surface area contributed by atoms with Crippen molar-refractivity contribution >= 4 is 11.8 Å². The molecule has 8 heteroatoms. The average molecular weight is 399 g/mol. The Morgan fingerprint density at radius 3 is 2.54 bits per heavy atom. The first kappa shape index (κ1) is 18.2. The van der Waals surface area contributed by atoms with Crippen LogP contribution in [0.5, 0.6) is 5.75 Å². The van der Waals surface area contributed by atoms with Gasteiger partial charge in [-0.05, 0) is 42.0 Å². The van der Waals surface area contributed by atoms with Crippen molar-refractivity contribution in [1.29, 1.82) is 0 Å². The summed E-state index contributed by atoms with van der Waals surface area (Å²) < 4.78 is 39.7. The number of methoxy groups -OCH3 is 1. The van der Waals surface area contributed by atoms with Crippen LogP contribution in [0.3, 0.4) is 0 Å². The van der Waals surface area contributed by atoms with Crippen LogP contribution in [0, 0.1) is 11.6 Å². The van der Waals surface area contributed by atoms with Crippen LogP contribution in [0.25, 0.3) is 17.3 Å². The topological polar surface area (TPSA) is 53.1 Å². The smallest absolute Gasteiger partial charge is 0.205 e. The van der Waals surface area contributed by atoms with E-state index in [2.05, 4.69) is 10.2 Å². The van der Waals surface area contributed by atoms with Crippen LogP contribution in [-0.2, 0) is 5.75 Å². The maximum atomic E-state index is 13.5. The lowest BCUT2D eigenvalue weighted by Gasteiger charge is -2.13. The number of hydrogen-bond donors (Lipinski definition) is 0.